The van der Waals surface area contributed by atoms with Gasteiger partial charge in [-0.1, -0.05) is 41.6 Å². The molecule has 0 radical (unpaired) electrons. The molecule has 1 aliphatic heterocycles. The van der Waals surface area contributed by atoms with Crippen LogP contribution < -0.4 is 0 Å². The average Bonchev–Trinajstić information content (AvgIpc) is 3.13. The van der Waals surface area contributed by atoms with Crippen molar-refractivity contribution in [3.8, 4) is 0 Å². The standard InChI is InChI=1S/C23H23ClN2O3S/c1-2-29-23(28)15-11-13-26(14-12-15)22(27)20-21(18-5-3-4-6-19(18)25-20)30-17-9-7-16(24)8-10-17/h3-10,15,25H,2,11-14H2,1H3. The molecule has 1 aromatic heterocycles. The Morgan fingerprint density at radius 1 is 1.13 bits per heavy atom. The molecule has 0 aliphatic carbocycles. The van der Waals surface area contributed by atoms with E-state index < -0.39 is 0 Å². The van der Waals surface area contributed by atoms with E-state index in [-0.39, 0.29) is 17.8 Å². The lowest BCUT2D eigenvalue weighted by atomic mass is 9.97. The first-order chi connectivity index (χ1) is 14.6. The van der Waals surface area contributed by atoms with Crippen molar-refractivity contribution in [2.75, 3.05) is 19.7 Å². The summed E-state index contributed by atoms with van der Waals surface area (Å²) in [7, 11) is 0. The minimum Gasteiger partial charge on any atom is -0.466 e. The van der Waals surface area contributed by atoms with E-state index in [1.54, 1.807) is 11.8 Å². The van der Waals surface area contributed by atoms with Gasteiger partial charge >= 0.3 is 5.97 Å². The van der Waals surface area contributed by atoms with E-state index in [2.05, 4.69) is 4.98 Å². The summed E-state index contributed by atoms with van der Waals surface area (Å²) in [5.41, 5.74) is 1.52. The van der Waals surface area contributed by atoms with Crippen LogP contribution in [0.3, 0.4) is 0 Å². The normalized spacial score (nSPS) is 14.8. The maximum absolute atomic E-state index is 13.4. The molecule has 30 heavy (non-hydrogen) atoms. The summed E-state index contributed by atoms with van der Waals surface area (Å²) >= 11 is 7.57. The van der Waals surface area contributed by atoms with E-state index >= 15 is 0 Å². The average molecular weight is 443 g/mol. The van der Waals surface area contributed by atoms with Gasteiger partial charge in [0, 0.05) is 33.9 Å². The number of hydrogen-bond donors (Lipinski definition) is 1. The highest BCUT2D eigenvalue weighted by Gasteiger charge is 2.30. The molecule has 1 saturated heterocycles. The first kappa shape index (κ1) is 20.8. The molecule has 0 spiro atoms. The number of carbonyl (C=O) groups is 2. The fourth-order valence-corrected chi connectivity index (χ4v) is 4.89. The quantitative estimate of drug-likeness (QED) is 0.538. The number of piperidine rings is 1. The Morgan fingerprint density at radius 3 is 2.53 bits per heavy atom. The molecule has 1 amide bonds. The van der Waals surface area contributed by atoms with Crippen molar-refractivity contribution in [3.05, 3.63) is 59.2 Å². The Morgan fingerprint density at radius 2 is 1.83 bits per heavy atom. The second-order valence-corrected chi connectivity index (χ2v) is 8.77. The van der Waals surface area contributed by atoms with Crippen molar-refractivity contribution in [2.45, 2.75) is 29.6 Å². The number of rotatable bonds is 5. The topological polar surface area (TPSA) is 62.4 Å². The molecule has 7 heteroatoms. The minimum absolute atomic E-state index is 0.0371. The number of carbonyl (C=O) groups excluding carboxylic acids is 2. The van der Waals surface area contributed by atoms with E-state index in [9.17, 15) is 9.59 Å². The molecule has 0 unspecified atom stereocenters. The van der Waals surface area contributed by atoms with Gasteiger partial charge in [-0.15, -0.1) is 0 Å². The highest BCUT2D eigenvalue weighted by molar-refractivity contribution is 7.99. The maximum atomic E-state index is 13.4. The molecular formula is C23H23ClN2O3S. The largest absolute Gasteiger partial charge is 0.466 e. The van der Waals surface area contributed by atoms with E-state index in [0.29, 0.717) is 43.3 Å². The minimum atomic E-state index is -0.158. The number of aromatic nitrogens is 1. The van der Waals surface area contributed by atoms with Crippen LogP contribution >= 0.6 is 23.4 Å². The highest BCUT2D eigenvalue weighted by Crippen LogP contribution is 2.38. The lowest BCUT2D eigenvalue weighted by molar-refractivity contribution is -0.149. The van der Waals surface area contributed by atoms with Crippen LogP contribution in [0.5, 0.6) is 0 Å². The fraction of sp³-hybridized carbons (Fsp3) is 0.304. The molecule has 3 aromatic rings. The molecule has 2 aromatic carbocycles. The van der Waals surface area contributed by atoms with Gasteiger partial charge in [-0.25, -0.2) is 0 Å². The number of H-pyrrole nitrogens is 1. The van der Waals surface area contributed by atoms with E-state index in [1.807, 2.05) is 60.4 Å². The summed E-state index contributed by atoms with van der Waals surface area (Å²) in [5, 5.41) is 1.70. The molecular weight excluding hydrogens is 420 g/mol. The monoisotopic (exact) mass is 442 g/mol. The number of nitrogens with one attached hydrogen (secondary N) is 1. The van der Waals surface area contributed by atoms with Gasteiger partial charge in [0.2, 0.25) is 0 Å². The van der Waals surface area contributed by atoms with Crippen LogP contribution in [0.25, 0.3) is 10.9 Å². The highest BCUT2D eigenvalue weighted by atomic mass is 35.5. The Bertz CT molecular complexity index is 1060. The Kier molecular flexibility index (Phi) is 6.35. The molecule has 4 rings (SSSR count). The van der Waals surface area contributed by atoms with Gasteiger partial charge in [-0.3, -0.25) is 9.59 Å². The third-order valence-corrected chi connectivity index (χ3v) is 6.70. The third kappa shape index (κ3) is 4.35. The Hall–Kier alpha value is -2.44. The second kappa shape index (κ2) is 9.14. The molecule has 0 saturated carbocycles. The zero-order valence-corrected chi connectivity index (χ0v) is 18.3. The van der Waals surface area contributed by atoms with Crippen LogP contribution in [-0.4, -0.2) is 41.5 Å². The van der Waals surface area contributed by atoms with Crippen molar-refractivity contribution in [2.24, 2.45) is 5.92 Å². The lowest BCUT2D eigenvalue weighted by Gasteiger charge is -2.30. The smallest absolute Gasteiger partial charge is 0.309 e. The molecule has 156 valence electrons. The second-order valence-electron chi connectivity index (χ2n) is 7.25. The Balaban J connectivity index is 1.58. The first-order valence-electron chi connectivity index (χ1n) is 10.1. The number of amides is 1. The van der Waals surface area contributed by atoms with Crippen LogP contribution in [0.4, 0.5) is 0 Å². The molecule has 0 bridgehead atoms. The third-order valence-electron chi connectivity index (χ3n) is 5.31. The molecule has 1 N–H and O–H groups in total. The maximum Gasteiger partial charge on any atom is 0.309 e. The fourth-order valence-electron chi connectivity index (χ4n) is 3.73. The van der Waals surface area contributed by atoms with Crippen molar-refractivity contribution in [1.82, 2.24) is 9.88 Å². The number of esters is 1. The van der Waals surface area contributed by atoms with Crippen LogP contribution in [0, 0.1) is 5.92 Å². The zero-order valence-electron chi connectivity index (χ0n) is 16.7. The summed E-state index contributed by atoms with van der Waals surface area (Å²) in [5.74, 6) is -0.321. The summed E-state index contributed by atoms with van der Waals surface area (Å²) in [6.45, 7) is 3.29. The molecule has 2 heterocycles. The molecule has 0 atom stereocenters. The van der Waals surface area contributed by atoms with Crippen molar-refractivity contribution in [1.29, 1.82) is 0 Å². The van der Waals surface area contributed by atoms with Crippen molar-refractivity contribution >= 4 is 46.1 Å². The number of ether oxygens (including phenoxy) is 1. The number of fused-ring (bicyclic) bond motifs is 1. The number of aromatic amines is 1. The van der Waals surface area contributed by atoms with Crippen molar-refractivity contribution < 1.29 is 14.3 Å². The first-order valence-corrected chi connectivity index (χ1v) is 11.3. The summed E-state index contributed by atoms with van der Waals surface area (Å²) in [6, 6.07) is 15.5. The predicted octanol–water partition coefficient (Wildman–Crippen LogP) is 5.39. The Labute approximate surface area is 184 Å². The van der Waals surface area contributed by atoms with Gasteiger partial charge < -0.3 is 14.6 Å². The number of likely N-dealkylation sites (tertiary alicyclic amines) is 1. The molecule has 1 fully saturated rings. The lowest BCUT2D eigenvalue weighted by Crippen LogP contribution is -2.41. The zero-order chi connectivity index (χ0) is 21.1. The summed E-state index contributed by atoms with van der Waals surface area (Å²) in [6.07, 6.45) is 1.26. The van der Waals surface area contributed by atoms with E-state index in [4.69, 9.17) is 16.3 Å². The van der Waals surface area contributed by atoms with Gasteiger partial charge in [0.05, 0.1) is 17.4 Å². The summed E-state index contributed by atoms with van der Waals surface area (Å²) < 4.78 is 5.13. The van der Waals surface area contributed by atoms with Gasteiger partial charge in [0.1, 0.15) is 5.69 Å². The van der Waals surface area contributed by atoms with Gasteiger partial charge in [0.15, 0.2) is 0 Å². The number of halogens is 1. The van der Waals surface area contributed by atoms with Crippen LogP contribution in [0.1, 0.15) is 30.3 Å². The van der Waals surface area contributed by atoms with Gasteiger partial charge in [-0.2, -0.15) is 0 Å². The number of hydrogen-bond acceptors (Lipinski definition) is 4. The number of para-hydroxylation sites is 1. The van der Waals surface area contributed by atoms with Crippen LogP contribution in [0.15, 0.2) is 58.3 Å². The van der Waals surface area contributed by atoms with E-state index in [1.165, 1.54) is 0 Å². The van der Waals surface area contributed by atoms with Gasteiger partial charge in [0.25, 0.3) is 5.91 Å². The van der Waals surface area contributed by atoms with Crippen molar-refractivity contribution in [3.63, 3.8) is 0 Å². The van der Waals surface area contributed by atoms with Crippen LogP contribution in [-0.2, 0) is 9.53 Å². The van der Waals surface area contributed by atoms with Crippen LogP contribution in [0.2, 0.25) is 5.02 Å². The van der Waals surface area contributed by atoms with E-state index in [0.717, 1.165) is 20.7 Å². The molecule has 5 nitrogen and oxygen atoms in total. The number of benzene rings is 2. The molecule has 1 aliphatic rings. The number of nitrogens with zero attached hydrogens (tertiary/aromatic N) is 1. The van der Waals surface area contributed by atoms with Gasteiger partial charge in [-0.05, 0) is 50.1 Å². The summed E-state index contributed by atoms with van der Waals surface area (Å²) in [4.78, 5) is 32.4. The SMILES string of the molecule is CCOC(=O)C1CCN(C(=O)c2[nH]c3ccccc3c2Sc2ccc(Cl)cc2)CC1. The predicted molar refractivity (Wildman–Crippen MR) is 119 cm³/mol.